The van der Waals surface area contributed by atoms with Crippen molar-refractivity contribution in [2.45, 2.75) is 6.42 Å². The first-order valence-corrected chi connectivity index (χ1v) is 5.86. The molecule has 0 amide bonds. The van der Waals surface area contributed by atoms with Crippen LogP contribution in [0.25, 0.3) is 0 Å². The van der Waals surface area contributed by atoms with Crippen molar-refractivity contribution in [1.29, 1.82) is 0 Å². The third-order valence-electron chi connectivity index (χ3n) is 1.86. The molecule has 0 spiro atoms. The Morgan fingerprint density at radius 1 is 1.27 bits per heavy atom. The molecule has 81 valence electrons. The zero-order valence-electron chi connectivity index (χ0n) is 9.03. The fourth-order valence-corrected chi connectivity index (χ4v) is 1.90. The van der Waals surface area contributed by atoms with Crippen molar-refractivity contribution in [3.05, 3.63) is 42.5 Å². The maximum atomic E-state index is 5.61. The van der Waals surface area contributed by atoms with Crippen LogP contribution in [0.2, 0.25) is 0 Å². The fourth-order valence-electron chi connectivity index (χ4n) is 1.18. The van der Waals surface area contributed by atoms with Crippen LogP contribution in [0.5, 0.6) is 5.75 Å². The van der Waals surface area contributed by atoms with Crippen LogP contribution in [-0.4, -0.2) is 23.7 Å². The van der Waals surface area contributed by atoms with Gasteiger partial charge < -0.3 is 13.3 Å². The van der Waals surface area contributed by atoms with E-state index >= 15 is 0 Å². The van der Waals surface area contributed by atoms with Crippen molar-refractivity contribution in [2.24, 2.45) is 0 Å². The smallest absolute Gasteiger partial charge is 0.498 e. The molecule has 0 saturated carbocycles. The van der Waals surface area contributed by atoms with Gasteiger partial charge in [-0.3, -0.25) is 0 Å². The summed E-state index contributed by atoms with van der Waals surface area (Å²) in [6.45, 7) is 3.71. The molecule has 0 bridgehead atoms. The second-order valence-electron chi connectivity index (χ2n) is 2.86. The summed E-state index contributed by atoms with van der Waals surface area (Å²) >= 11 is 0. The van der Waals surface area contributed by atoms with E-state index in [1.807, 2.05) is 30.3 Å². The molecule has 0 aliphatic heterocycles. The van der Waals surface area contributed by atoms with Crippen molar-refractivity contribution in [3.8, 4) is 5.75 Å². The monoisotopic (exact) mass is 223 g/mol. The van der Waals surface area contributed by atoms with Gasteiger partial charge in [-0.15, -0.1) is 6.58 Å². The normalized spacial score (nSPS) is 10.3. The lowest BCUT2D eigenvalue weighted by Gasteiger charge is -2.13. The van der Waals surface area contributed by atoms with E-state index in [2.05, 4.69) is 6.58 Å². The van der Waals surface area contributed by atoms with Crippen LogP contribution in [0.15, 0.2) is 36.9 Å². The number of benzene rings is 1. The molecule has 1 rings (SSSR count). The number of rotatable bonds is 6. The van der Waals surface area contributed by atoms with Crippen molar-refractivity contribution in [2.75, 3.05) is 14.2 Å². The molecule has 0 aliphatic carbocycles. The maximum Gasteiger partial charge on any atom is 0.655 e. The van der Waals surface area contributed by atoms with Crippen LogP contribution in [0.3, 0.4) is 0 Å². The van der Waals surface area contributed by atoms with Gasteiger partial charge in [-0.05, 0) is 18.1 Å². The molecule has 1 radical (unpaired) electrons. The summed E-state index contributed by atoms with van der Waals surface area (Å²) in [6, 6.07) is 7.80. The average Bonchev–Trinajstić information content (AvgIpc) is 2.28. The van der Waals surface area contributed by atoms with Crippen molar-refractivity contribution < 1.29 is 13.3 Å². The highest BCUT2D eigenvalue weighted by Gasteiger charge is 2.18. The van der Waals surface area contributed by atoms with Gasteiger partial charge in [0, 0.05) is 14.2 Å². The van der Waals surface area contributed by atoms with Crippen molar-refractivity contribution in [3.63, 3.8) is 0 Å². The molecular weight excluding hydrogens is 208 g/mol. The molecular formula is C11H15O3Si. The predicted molar refractivity (Wildman–Crippen MR) is 60.7 cm³/mol. The Morgan fingerprint density at radius 3 is 2.53 bits per heavy atom. The molecule has 0 aliphatic rings. The summed E-state index contributed by atoms with van der Waals surface area (Å²) in [6.07, 6.45) is 2.62. The molecule has 15 heavy (non-hydrogen) atoms. The standard InChI is InChI=1S/C11H15O3Si/c1-4-7-10-8-5-6-9-11(10)14-15(12-2)13-3/h4-6,8-9H,1,7H2,2-3H3. The Labute approximate surface area is 92.3 Å². The first-order valence-electron chi connectivity index (χ1n) is 4.63. The van der Waals surface area contributed by atoms with E-state index < -0.39 is 9.53 Å². The minimum atomic E-state index is -1.65. The predicted octanol–water partition coefficient (Wildman–Crippen LogP) is 2.07. The van der Waals surface area contributed by atoms with E-state index in [1.165, 1.54) is 0 Å². The highest BCUT2D eigenvalue weighted by Crippen LogP contribution is 2.19. The quantitative estimate of drug-likeness (QED) is 0.546. The van der Waals surface area contributed by atoms with E-state index in [1.54, 1.807) is 14.2 Å². The summed E-state index contributed by atoms with van der Waals surface area (Å²) in [7, 11) is 1.50. The molecule has 0 saturated heterocycles. The van der Waals surface area contributed by atoms with E-state index in [4.69, 9.17) is 13.3 Å². The number of para-hydroxylation sites is 1. The zero-order chi connectivity index (χ0) is 11.1. The van der Waals surface area contributed by atoms with Gasteiger partial charge in [0.2, 0.25) is 0 Å². The maximum absolute atomic E-state index is 5.61. The third-order valence-corrected chi connectivity index (χ3v) is 2.92. The van der Waals surface area contributed by atoms with Gasteiger partial charge in [-0.2, -0.15) is 0 Å². The molecule has 4 heteroatoms. The third kappa shape index (κ3) is 3.51. The number of allylic oxidation sites excluding steroid dienone is 1. The lowest BCUT2D eigenvalue weighted by atomic mass is 10.1. The molecule has 0 atom stereocenters. The van der Waals surface area contributed by atoms with Crippen LogP contribution in [0, 0.1) is 0 Å². The number of hydrogen-bond donors (Lipinski definition) is 0. The lowest BCUT2D eigenvalue weighted by molar-refractivity contribution is 0.201. The van der Waals surface area contributed by atoms with E-state index in [9.17, 15) is 0 Å². The zero-order valence-corrected chi connectivity index (χ0v) is 10.0. The summed E-state index contributed by atoms with van der Waals surface area (Å²) in [5.74, 6) is 0.801. The largest absolute Gasteiger partial charge is 0.655 e. The molecule has 1 aromatic rings. The average molecular weight is 223 g/mol. The molecule has 3 nitrogen and oxygen atoms in total. The molecule has 0 N–H and O–H groups in total. The first-order chi connectivity index (χ1) is 7.31. The SMILES string of the molecule is C=CCc1ccccc1O[Si](OC)OC. The lowest BCUT2D eigenvalue weighted by Crippen LogP contribution is -2.27. The Hall–Kier alpha value is -1.10. The molecule has 0 unspecified atom stereocenters. The van der Waals surface area contributed by atoms with Gasteiger partial charge in [0.15, 0.2) is 0 Å². The van der Waals surface area contributed by atoms with E-state index in [0.717, 1.165) is 17.7 Å². The van der Waals surface area contributed by atoms with E-state index in [0.29, 0.717) is 0 Å². The van der Waals surface area contributed by atoms with Gasteiger partial charge in [0.1, 0.15) is 5.75 Å². The van der Waals surface area contributed by atoms with Gasteiger partial charge in [0.05, 0.1) is 0 Å². The molecule has 1 aromatic carbocycles. The van der Waals surface area contributed by atoms with Crippen LogP contribution in [0.4, 0.5) is 0 Å². The Kier molecular flexibility index (Phi) is 5.10. The van der Waals surface area contributed by atoms with Crippen molar-refractivity contribution >= 4 is 9.53 Å². The van der Waals surface area contributed by atoms with Crippen molar-refractivity contribution in [1.82, 2.24) is 0 Å². The van der Waals surface area contributed by atoms with E-state index in [-0.39, 0.29) is 0 Å². The molecule has 0 fully saturated rings. The van der Waals surface area contributed by atoms with Gasteiger partial charge in [-0.25, -0.2) is 0 Å². The highest BCUT2D eigenvalue weighted by molar-refractivity contribution is 6.37. The summed E-state index contributed by atoms with van der Waals surface area (Å²) in [5.41, 5.74) is 1.09. The fraction of sp³-hybridized carbons (Fsp3) is 0.273. The minimum Gasteiger partial charge on any atom is -0.498 e. The van der Waals surface area contributed by atoms with Crippen LogP contribution in [-0.2, 0) is 15.3 Å². The van der Waals surface area contributed by atoms with Gasteiger partial charge in [0.25, 0.3) is 0 Å². The second kappa shape index (κ2) is 6.39. The van der Waals surface area contributed by atoms with Gasteiger partial charge in [-0.1, -0.05) is 24.3 Å². The molecule has 0 aromatic heterocycles. The van der Waals surface area contributed by atoms with Crippen LogP contribution < -0.4 is 4.43 Å². The van der Waals surface area contributed by atoms with Crippen LogP contribution in [0.1, 0.15) is 5.56 Å². The Balaban J connectivity index is 2.78. The summed E-state index contributed by atoms with van der Waals surface area (Å²) in [4.78, 5) is 0. The van der Waals surface area contributed by atoms with Crippen LogP contribution >= 0.6 is 0 Å². The minimum absolute atomic E-state index is 0.777. The summed E-state index contributed by atoms with van der Waals surface area (Å²) in [5, 5.41) is 0. The molecule has 0 heterocycles. The first kappa shape index (κ1) is 12.0. The van der Waals surface area contributed by atoms with Gasteiger partial charge >= 0.3 is 9.53 Å². The second-order valence-corrected chi connectivity index (χ2v) is 4.38. The Bertz CT molecular complexity index is 310. The summed E-state index contributed by atoms with van der Waals surface area (Å²) < 4.78 is 15.7. The number of hydrogen-bond acceptors (Lipinski definition) is 3. The topological polar surface area (TPSA) is 27.7 Å². The Morgan fingerprint density at radius 2 is 1.93 bits per heavy atom. The highest BCUT2D eigenvalue weighted by atomic mass is 28.3.